The van der Waals surface area contributed by atoms with Gasteiger partial charge in [-0.15, -0.1) is 11.3 Å². The molecule has 6 heteroatoms. The van der Waals surface area contributed by atoms with Crippen molar-refractivity contribution in [2.24, 2.45) is 0 Å². The van der Waals surface area contributed by atoms with Gasteiger partial charge in [-0.2, -0.15) is 0 Å². The third kappa shape index (κ3) is 3.16. The SMILES string of the molecule is C[C@@H]1c2ccsc2CC[NH+]1CC(=O)Nc1ccc(F)cc1Cl. The summed E-state index contributed by atoms with van der Waals surface area (Å²) in [4.78, 5) is 14.9. The number of benzene rings is 1. The van der Waals surface area contributed by atoms with Gasteiger partial charge >= 0.3 is 0 Å². The molecule has 0 saturated carbocycles. The molecule has 0 saturated heterocycles. The lowest BCUT2D eigenvalue weighted by atomic mass is 10.0. The van der Waals surface area contributed by atoms with Crippen LogP contribution in [0, 0.1) is 5.82 Å². The standard InChI is InChI=1S/C16H16ClFN2OS/c1-10-12-5-7-22-15(12)4-6-20(10)9-16(21)19-14-3-2-11(18)8-13(14)17/h2-3,5,7-8,10H,4,6,9H2,1H3,(H,19,21)/p+1/t10-/m1/s1. The number of fused-ring (bicyclic) bond motifs is 1. The molecule has 1 aliphatic heterocycles. The Balaban J connectivity index is 1.65. The highest BCUT2D eigenvalue weighted by Crippen LogP contribution is 2.25. The fraction of sp³-hybridized carbons (Fsp3) is 0.312. The molecular formula is C16H17ClFN2OS+. The highest BCUT2D eigenvalue weighted by Gasteiger charge is 2.29. The lowest BCUT2D eigenvalue weighted by molar-refractivity contribution is -0.923. The van der Waals surface area contributed by atoms with E-state index in [2.05, 4.69) is 23.7 Å². The monoisotopic (exact) mass is 339 g/mol. The van der Waals surface area contributed by atoms with E-state index in [-0.39, 0.29) is 10.9 Å². The maximum absolute atomic E-state index is 13.0. The molecule has 0 radical (unpaired) electrons. The maximum atomic E-state index is 13.0. The van der Waals surface area contributed by atoms with Gasteiger partial charge in [0.25, 0.3) is 5.91 Å². The minimum Gasteiger partial charge on any atom is -0.321 e. The van der Waals surface area contributed by atoms with E-state index in [1.165, 1.54) is 33.5 Å². The van der Waals surface area contributed by atoms with Crippen LogP contribution in [0.25, 0.3) is 0 Å². The molecule has 2 aromatic rings. The van der Waals surface area contributed by atoms with Crippen molar-refractivity contribution >= 4 is 34.5 Å². The molecular weight excluding hydrogens is 323 g/mol. The van der Waals surface area contributed by atoms with Crippen molar-refractivity contribution in [3.05, 3.63) is 50.9 Å². The third-order valence-electron chi connectivity index (χ3n) is 4.12. The summed E-state index contributed by atoms with van der Waals surface area (Å²) in [5.41, 5.74) is 1.80. The van der Waals surface area contributed by atoms with Crippen molar-refractivity contribution in [1.82, 2.24) is 0 Å². The number of nitrogens with one attached hydrogen (secondary N) is 2. The summed E-state index contributed by atoms with van der Waals surface area (Å²) in [6.07, 6.45) is 1.01. The van der Waals surface area contributed by atoms with E-state index >= 15 is 0 Å². The zero-order valence-electron chi connectivity index (χ0n) is 12.2. The molecule has 2 heterocycles. The van der Waals surface area contributed by atoms with Crippen LogP contribution in [-0.2, 0) is 11.2 Å². The Hall–Kier alpha value is -1.43. The van der Waals surface area contributed by atoms with Gasteiger partial charge in [0.1, 0.15) is 11.9 Å². The average molecular weight is 340 g/mol. The lowest BCUT2D eigenvalue weighted by Gasteiger charge is -2.29. The number of hydrogen-bond donors (Lipinski definition) is 2. The second-order valence-corrected chi connectivity index (χ2v) is 6.94. The largest absolute Gasteiger partial charge is 0.321 e. The second-order valence-electron chi connectivity index (χ2n) is 5.53. The molecule has 0 spiro atoms. The number of hydrogen-bond acceptors (Lipinski definition) is 2. The molecule has 2 N–H and O–H groups in total. The van der Waals surface area contributed by atoms with E-state index in [0.717, 1.165) is 13.0 Å². The first-order valence-electron chi connectivity index (χ1n) is 7.20. The lowest BCUT2D eigenvalue weighted by Crippen LogP contribution is -3.14. The van der Waals surface area contributed by atoms with Crippen LogP contribution in [0.2, 0.25) is 5.02 Å². The van der Waals surface area contributed by atoms with Crippen molar-refractivity contribution in [3.8, 4) is 0 Å². The summed E-state index contributed by atoms with van der Waals surface area (Å²) < 4.78 is 13.0. The van der Waals surface area contributed by atoms with Gasteiger partial charge in [-0.3, -0.25) is 4.79 Å². The molecule has 0 aliphatic carbocycles. The molecule has 1 aliphatic rings. The zero-order valence-corrected chi connectivity index (χ0v) is 13.7. The predicted molar refractivity (Wildman–Crippen MR) is 87.2 cm³/mol. The number of rotatable bonds is 3. The summed E-state index contributed by atoms with van der Waals surface area (Å²) >= 11 is 7.73. The fourth-order valence-corrected chi connectivity index (χ4v) is 4.08. The summed E-state index contributed by atoms with van der Waals surface area (Å²) in [6, 6.07) is 6.44. The summed E-state index contributed by atoms with van der Waals surface area (Å²) in [7, 11) is 0. The quantitative estimate of drug-likeness (QED) is 0.885. The number of amides is 1. The van der Waals surface area contributed by atoms with E-state index in [4.69, 9.17) is 11.6 Å². The molecule has 1 aromatic heterocycles. The van der Waals surface area contributed by atoms with Crippen molar-refractivity contribution < 1.29 is 14.1 Å². The van der Waals surface area contributed by atoms with Crippen molar-refractivity contribution in [2.45, 2.75) is 19.4 Å². The first-order valence-corrected chi connectivity index (χ1v) is 8.46. The van der Waals surface area contributed by atoms with Gasteiger partial charge in [-0.05, 0) is 36.6 Å². The molecule has 116 valence electrons. The number of thiophene rings is 1. The van der Waals surface area contributed by atoms with Gasteiger partial charge < -0.3 is 10.2 Å². The zero-order chi connectivity index (χ0) is 15.7. The molecule has 0 bridgehead atoms. The molecule has 0 fully saturated rings. The number of anilines is 1. The molecule has 3 rings (SSSR count). The normalized spacial score (nSPS) is 20.5. The topological polar surface area (TPSA) is 33.5 Å². The molecule has 3 nitrogen and oxygen atoms in total. The van der Waals surface area contributed by atoms with E-state index in [1.54, 1.807) is 11.3 Å². The number of quaternary nitrogens is 1. The predicted octanol–water partition coefficient (Wildman–Crippen LogP) is 2.68. The first kappa shape index (κ1) is 15.5. The van der Waals surface area contributed by atoms with Crippen molar-refractivity contribution in [3.63, 3.8) is 0 Å². The molecule has 1 amide bonds. The van der Waals surface area contributed by atoms with Gasteiger partial charge in [-0.1, -0.05) is 11.6 Å². The minimum absolute atomic E-state index is 0.103. The Morgan fingerprint density at radius 1 is 1.50 bits per heavy atom. The van der Waals surface area contributed by atoms with Crippen LogP contribution in [0.4, 0.5) is 10.1 Å². The smallest absolute Gasteiger partial charge is 0.279 e. The Kier molecular flexibility index (Phi) is 4.47. The molecule has 22 heavy (non-hydrogen) atoms. The van der Waals surface area contributed by atoms with Crippen LogP contribution in [0.3, 0.4) is 0 Å². The number of carbonyl (C=O) groups is 1. The third-order valence-corrected chi connectivity index (χ3v) is 5.43. The molecule has 2 atom stereocenters. The van der Waals surface area contributed by atoms with Crippen LogP contribution in [-0.4, -0.2) is 19.0 Å². The Morgan fingerprint density at radius 2 is 2.32 bits per heavy atom. The Bertz CT molecular complexity index is 703. The van der Waals surface area contributed by atoms with Gasteiger partial charge in [-0.25, -0.2) is 4.39 Å². The van der Waals surface area contributed by atoms with Crippen LogP contribution >= 0.6 is 22.9 Å². The van der Waals surface area contributed by atoms with Crippen LogP contribution in [0.1, 0.15) is 23.4 Å². The van der Waals surface area contributed by atoms with Gasteiger partial charge in [0, 0.05) is 16.9 Å². The second kappa shape index (κ2) is 6.36. The highest BCUT2D eigenvalue weighted by atomic mass is 35.5. The summed E-state index contributed by atoms with van der Waals surface area (Å²) in [5, 5.41) is 5.10. The van der Waals surface area contributed by atoms with E-state index < -0.39 is 5.82 Å². The van der Waals surface area contributed by atoms with Crippen molar-refractivity contribution in [1.29, 1.82) is 0 Å². The first-order chi connectivity index (χ1) is 10.5. The van der Waals surface area contributed by atoms with Gasteiger partial charge in [0.05, 0.1) is 17.3 Å². The summed E-state index contributed by atoms with van der Waals surface area (Å²) in [6.45, 7) is 3.47. The number of carbonyl (C=O) groups excluding carboxylic acids is 1. The van der Waals surface area contributed by atoms with E-state index in [1.807, 2.05) is 0 Å². The average Bonchev–Trinajstić information content (AvgIpc) is 2.94. The van der Waals surface area contributed by atoms with Gasteiger partial charge in [0.2, 0.25) is 0 Å². The van der Waals surface area contributed by atoms with Crippen molar-refractivity contribution in [2.75, 3.05) is 18.4 Å². The van der Waals surface area contributed by atoms with Crippen LogP contribution in [0.15, 0.2) is 29.6 Å². The molecule has 1 aromatic carbocycles. The van der Waals surface area contributed by atoms with E-state index in [0.29, 0.717) is 18.3 Å². The summed E-state index contributed by atoms with van der Waals surface area (Å²) in [5.74, 6) is -0.516. The van der Waals surface area contributed by atoms with Crippen LogP contribution < -0.4 is 10.2 Å². The van der Waals surface area contributed by atoms with Gasteiger partial charge in [0.15, 0.2) is 6.54 Å². The maximum Gasteiger partial charge on any atom is 0.279 e. The van der Waals surface area contributed by atoms with Crippen LogP contribution in [0.5, 0.6) is 0 Å². The fourth-order valence-electron chi connectivity index (χ4n) is 2.88. The Labute approximate surface area is 137 Å². The highest BCUT2D eigenvalue weighted by molar-refractivity contribution is 7.10. The minimum atomic E-state index is -0.414. The Morgan fingerprint density at radius 3 is 3.09 bits per heavy atom. The molecule has 1 unspecified atom stereocenters. The van der Waals surface area contributed by atoms with E-state index in [9.17, 15) is 9.18 Å². The number of halogens is 2.